The fourth-order valence-electron chi connectivity index (χ4n) is 4.12. The molecule has 0 bridgehead atoms. The van der Waals surface area contributed by atoms with Crippen LogP contribution in [-0.4, -0.2) is 33.5 Å². The second kappa shape index (κ2) is 9.99. The van der Waals surface area contributed by atoms with Gasteiger partial charge in [-0.25, -0.2) is 0 Å². The summed E-state index contributed by atoms with van der Waals surface area (Å²) in [5.74, 6) is 6.12. The SMILES string of the molecule is CCCCCCC(O)C#C[C@@H]1[C@H]2C/C(=C/CCC(=O)O)[C@H]2CC[C@H]1O. The zero-order chi connectivity index (χ0) is 18.2. The van der Waals surface area contributed by atoms with Gasteiger partial charge < -0.3 is 15.3 Å². The second-order valence-corrected chi connectivity index (χ2v) is 7.51. The number of aliphatic hydroxyl groups is 2. The molecule has 0 radical (unpaired) electrons. The number of unbranched alkanes of at least 4 members (excludes halogenated alkanes) is 3. The van der Waals surface area contributed by atoms with Crippen molar-refractivity contribution in [1.29, 1.82) is 0 Å². The maximum Gasteiger partial charge on any atom is 0.303 e. The van der Waals surface area contributed by atoms with E-state index in [4.69, 9.17) is 5.11 Å². The second-order valence-electron chi connectivity index (χ2n) is 7.51. The molecular weight excluding hydrogens is 316 g/mol. The van der Waals surface area contributed by atoms with Crippen LogP contribution < -0.4 is 0 Å². The monoisotopic (exact) mass is 348 g/mol. The molecule has 25 heavy (non-hydrogen) atoms. The molecule has 0 aromatic rings. The van der Waals surface area contributed by atoms with E-state index in [2.05, 4.69) is 24.8 Å². The van der Waals surface area contributed by atoms with E-state index in [1.165, 1.54) is 18.4 Å². The van der Waals surface area contributed by atoms with Gasteiger partial charge in [-0.3, -0.25) is 4.79 Å². The lowest BCUT2D eigenvalue weighted by Crippen LogP contribution is -2.44. The summed E-state index contributed by atoms with van der Waals surface area (Å²) >= 11 is 0. The van der Waals surface area contributed by atoms with Crippen molar-refractivity contribution in [1.82, 2.24) is 0 Å². The van der Waals surface area contributed by atoms with Crippen LogP contribution in [0.3, 0.4) is 0 Å². The number of carbonyl (C=O) groups is 1. The van der Waals surface area contributed by atoms with Crippen molar-refractivity contribution in [2.45, 2.75) is 83.3 Å². The molecule has 140 valence electrons. The van der Waals surface area contributed by atoms with Gasteiger partial charge in [-0.2, -0.15) is 0 Å². The average molecular weight is 348 g/mol. The number of aliphatic carboxylic acids is 1. The minimum Gasteiger partial charge on any atom is -0.481 e. The van der Waals surface area contributed by atoms with Gasteiger partial charge in [0, 0.05) is 6.42 Å². The summed E-state index contributed by atoms with van der Waals surface area (Å²) in [4.78, 5) is 10.6. The molecule has 2 fully saturated rings. The Bertz CT molecular complexity index is 528. The summed E-state index contributed by atoms with van der Waals surface area (Å²) in [7, 11) is 0. The lowest BCUT2D eigenvalue weighted by Gasteiger charge is -2.48. The molecule has 0 saturated heterocycles. The van der Waals surface area contributed by atoms with Crippen molar-refractivity contribution in [3.63, 3.8) is 0 Å². The van der Waals surface area contributed by atoms with Crippen LogP contribution in [0, 0.1) is 29.6 Å². The van der Waals surface area contributed by atoms with E-state index < -0.39 is 18.2 Å². The van der Waals surface area contributed by atoms with Crippen LogP contribution in [0.5, 0.6) is 0 Å². The van der Waals surface area contributed by atoms with Gasteiger partial charge in [0.15, 0.2) is 0 Å². The van der Waals surface area contributed by atoms with E-state index in [1.54, 1.807) is 0 Å². The summed E-state index contributed by atoms with van der Waals surface area (Å²) in [5.41, 5.74) is 1.34. The van der Waals surface area contributed by atoms with E-state index in [0.717, 1.165) is 32.1 Å². The highest BCUT2D eigenvalue weighted by Gasteiger charge is 2.46. The normalized spacial score (nSPS) is 30.8. The van der Waals surface area contributed by atoms with Crippen molar-refractivity contribution in [3.05, 3.63) is 11.6 Å². The number of carboxylic acids is 1. The Labute approximate surface area is 151 Å². The van der Waals surface area contributed by atoms with Gasteiger partial charge in [-0.05, 0) is 50.4 Å². The zero-order valence-electron chi connectivity index (χ0n) is 15.3. The number of aliphatic hydroxyl groups excluding tert-OH is 2. The predicted octanol–water partition coefficient (Wildman–Crippen LogP) is 3.52. The van der Waals surface area contributed by atoms with Crippen molar-refractivity contribution in [3.8, 4) is 11.8 Å². The fourth-order valence-corrected chi connectivity index (χ4v) is 4.12. The van der Waals surface area contributed by atoms with Crippen LogP contribution >= 0.6 is 0 Å². The number of rotatable bonds is 8. The minimum absolute atomic E-state index is 0.0549. The first-order chi connectivity index (χ1) is 12.0. The molecule has 0 heterocycles. The van der Waals surface area contributed by atoms with Crippen molar-refractivity contribution >= 4 is 5.97 Å². The molecule has 4 heteroatoms. The highest BCUT2D eigenvalue weighted by Crippen LogP contribution is 2.51. The molecule has 2 saturated carbocycles. The number of hydrogen-bond donors (Lipinski definition) is 3. The molecule has 0 aromatic carbocycles. The van der Waals surface area contributed by atoms with Crippen LogP contribution in [0.1, 0.15) is 71.1 Å². The number of fused-ring (bicyclic) bond motifs is 1. The van der Waals surface area contributed by atoms with Gasteiger partial charge >= 0.3 is 5.97 Å². The van der Waals surface area contributed by atoms with Crippen LogP contribution in [0.25, 0.3) is 0 Å². The van der Waals surface area contributed by atoms with E-state index in [0.29, 0.717) is 24.7 Å². The van der Waals surface area contributed by atoms with Crippen LogP contribution in [0.2, 0.25) is 0 Å². The van der Waals surface area contributed by atoms with E-state index >= 15 is 0 Å². The van der Waals surface area contributed by atoms with Crippen LogP contribution in [0.15, 0.2) is 11.6 Å². The maximum atomic E-state index is 10.6. The third-order valence-electron chi connectivity index (χ3n) is 5.63. The largest absolute Gasteiger partial charge is 0.481 e. The van der Waals surface area contributed by atoms with Gasteiger partial charge in [0.25, 0.3) is 0 Å². The van der Waals surface area contributed by atoms with Gasteiger partial charge in [0.1, 0.15) is 6.10 Å². The highest BCUT2D eigenvalue weighted by atomic mass is 16.4. The van der Waals surface area contributed by atoms with Crippen molar-refractivity contribution in [2.24, 2.45) is 17.8 Å². The average Bonchev–Trinajstić information content (AvgIpc) is 2.55. The fraction of sp³-hybridized carbons (Fsp3) is 0.762. The first kappa shape index (κ1) is 20.0. The Morgan fingerprint density at radius 1 is 1.32 bits per heavy atom. The Morgan fingerprint density at radius 3 is 2.84 bits per heavy atom. The smallest absolute Gasteiger partial charge is 0.303 e. The van der Waals surface area contributed by atoms with Gasteiger partial charge in [0.2, 0.25) is 0 Å². The molecule has 4 nitrogen and oxygen atoms in total. The Kier molecular flexibility index (Phi) is 7.99. The Morgan fingerprint density at radius 2 is 2.12 bits per heavy atom. The molecule has 0 spiro atoms. The third-order valence-corrected chi connectivity index (χ3v) is 5.63. The Balaban J connectivity index is 1.85. The topological polar surface area (TPSA) is 77.8 Å². The molecule has 3 N–H and O–H groups in total. The molecule has 0 amide bonds. The van der Waals surface area contributed by atoms with Crippen molar-refractivity contribution in [2.75, 3.05) is 0 Å². The van der Waals surface area contributed by atoms with E-state index in [9.17, 15) is 15.0 Å². The quantitative estimate of drug-likeness (QED) is 0.356. The number of hydrogen-bond acceptors (Lipinski definition) is 3. The number of allylic oxidation sites excluding steroid dienone is 2. The zero-order valence-corrected chi connectivity index (χ0v) is 15.3. The molecule has 5 atom stereocenters. The van der Waals surface area contributed by atoms with E-state index in [-0.39, 0.29) is 12.3 Å². The summed E-state index contributed by atoms with van der Waals surface area (Å²) in [5, 5.41) is 29.1. The lowest BCUT2D eigenvalue weighted by atomic mass is 9.57. The van der Waals surface area contributed by atoms with E-state index in [1.807, 2.05) is 0 Å². The minimum atomic E-state index is -0.761. The maximum absolute atomic E-state index is 10.6. The summed E-state index contributed by atoms with van der Waals surface area (Å²) in [6.45, 7) is 2.17. The van der Waals surface area contributed by atoms with Crippen LogP contribution in [-0.2, 0) is 4.79 Å². The summed E-state index contributed by atoms with van der Waals surface area (Å²) < 4.78 is 0. The van der Waals surface area contributed by atoms with Gasteiger partial charge in [-0.15, -0.1) is 0 Å². The standard InChI is InChI=1S/C21H32O4/c1-2-3-4-5-8-16(22)10-11-18-19-14-15(7-6-9-21(24)25)17(19)12-13-20(18)23/h7,16-20,22-23H,2-6,8-9,12-14H2,1H3,(H,24,25)/b15-7-/t16?,17-,18-,19+,20-/m1/s1. The highest BCUT2D eigenvalue weighted by molar-refractivity contribution is 5.66. The molecule has 0 aromatic heterocycles. The molecule has 1 unspecified atom stereocenters. The molecule has 2 aliphatic rings. The Hall–Kier alpha value is -1.31. The molecule has 0 aliphatic heterocycles. The van der Waals surface area contributed by atoms with Gasteiger partial charge in [0.05, 0.1) is 12.0 Å². The summed E-state index contributed by atoms with van der Waals surface area (Å²) in [6.07, 6.45) is 9.68. The first-order valence-electron chi connectivity index (χ1n) is 9.80. The third kappa shape index (κ3) is 5.87. The lowest BCUT2D eigenvalue weighted by molar-refractivity contribution is -0.136. The molecular formula is C21H32O4. The van der Waals surface area contributed by atoms with Crippen molar-refractivity contribution < 1.29 is 20.1 Å². The first-order valence-corrected chi connectivity index (χ1v) is 9.80. The van der Waals surface area contributed by atoms with Crippen LogP contribution in [0.4, 0.5) is 0 Å². The molecule has 2 aliphatic carbocycles. The number of carboxylic acid groups (broad SMARTS) is 1. The predicted molar refractivity (Wildman–Crippen MR) is 97.8 cm³/mol. The summed E-state index contributed by atoms with van der Waals surface area (Å²) in [6, 6.07) is 0. The van der Waals surface area contributed by atoms with Gasteiger partial charge in [-0.1, -0.05) is 49.7 Å². The molecule has 2 rings (SSSR count).